The topological polar surface area (TPSA) is 150 Å². The Morgan fingerprint density at radius 2 is 1.75 bits per heavy atom. The van der Waals surface area contributed by atoms with E-state index in [-0.39, 0.29) is 17.5 Å². The number of rotatable bonds is 11. The number of ether oxygens (including phenoxy) is 4. The van der Waals surface area contributed by atoms with Gasteiger partial charge in [-0.2, -0.15) is 0 Å². The van der Waals surface area contributed by atoms with Gasteiger partial charge in [0, 0.05) is 25.0 Å². The lowest BCUT2D eigenvalue weighted by molar-refractivity contribution is -0.118. The van der Waals surface area contributed by atoms with Crippen molar-refractivity contribution in [3.8, 4) is 23.0 Å². The normalized spacial score (nSPS) is 11.4. The fourth-order valence-corrected chi connectivity index (χ4v) is 3.80. The highest BCUT2D eigenvalue weighted by atomic mass is 16.5. The molecule has 1 aromatic heterocycles. The van der Waals surface area contributed by atoms with Crippen molar-refractivity contribution in [3.63, 3.8) is 0 Å². The van der Waals surface area contributed by atoms with Crippen molar-refractivity contribution in [2.75, 3.05) is 27.9 Å². The Balaban J connectivity index is 1.90. The summed E-state index contributed by atoms with van der Waals surface area (Å²) < 4.78 is 21.2. The van der Waals surface area contributed by atoms with E-state index >= 15 is 0 Å². The van der Waals surface area contributed by atoms with Gasteiger partial charge in [-0.25, -0.2) is 4.79 Å². The van der Waals surface area contributed by atoms with Crippen LogP contribution < -0.4 is 25.5 Å². The number of carbonyl (C=O) groups excluding carboxylic acids is 2. The Bertz CT molecular complexity index is 1280. The fraction of sp³-hybridized carbons (Fsp3) is 0.269. The van der Waals surface area contributed by atoms with Gasteiger partial charge in [0.05, 0.1) is 33.5 Å². The van der Waals surface area contributed by atoms with Gasteiger partial charge in [0.2, 0.25) is 5.91 Å². The summed E-state index contributed by atoms with van der Waals surface area (Å²) in [5, 5.41) is 10.7. The molecule has 4 N–H and O–H groups in total. The number of nitrogens with two attached hydrogens (primary N) is 1. The van der Waals surface area contributed by atoms with Crippen molar-refractivity contribution in [1.29, 1.82) is 0 Å². The van der Waals surface area contributed by atoms with E-state index in [1.807, 2.05) is 24.3 Å². The van der Waals surface area contributed by atoms with Crippen LogP contribution in [-0.2, 0) is 16.0 Å². The number of esters is 1. The number of hydrogen-bond acceptors (Lipinski definition) is 8. The number of methoxy groups -OCH3 is 3. The van der Waals surface area contributed by atoms with Crippen molar-refractivity contribution in [3.05, 3.63) is 81.3 Å². The molecule has 3 aromatic rings. The quantitative estimate of drug-likeness (QED) is 0.343. The van der Waals surface area contributed by atoms with E-state index in [1.54, 1.807) is 25.3 Å². The fourth-order valence-electron chi connectivity index (χ4n) is 3.80. The first kappa shape index (κ1) is 26.1. The van der Waals surface area contributed by atoms with Crippen LogP contribution in [0.15, 0.2) is 53.5 Å². The van der Waals surface area contributed by atoms with Crippen LogP contribution in [0.2, 0.25) is 0 Å². The molecule has 1 heterocycles. The first-order valence-electron chi connectivity index (χ1n) is 11.0. The predicted octanol–water partition coefficient (Wildman–Crippen LogP) is 2.51. The summed E-state index contributed by atoms with van der Waals surface area (Å²) in [5.74, 6) is -1.52. The lowest BCUT2D eigenvalue weighted by atomic mass is 9.87. The van der Waals surface area contributed by atoms with E-state index in [2.05, 4.69) is 9.72 Å². The van der Waals surface area contributed by atoms with Gasteiger partial charge in [-0.3, -0.25) is 9.59 Å². The Morgan fingerprint density at radius 3 is 2.36 bits per heavy atom. The lowest BCUT2D eigenvalue weighted by Gasteiger charge is -2.20. The van der Waals surface area contributed by atoms with Gasteiger partial charge >= 0.3 is 5.97 Å². The molecule has 0 saturated heterocycles. The molecule has 0 saturated carbocycles. The molecule has 0 bridgehead atoms. The van der Waals surface area contributed by atoms with Crippen LogP contribution in [0.5, 0.6) is 23.0 Å². The number of nitrogens with one attached hydrogen (secondary N) is 1. The number of amides is 1. The monoisotopic (exact) mass is 496 g/mol. The number of primary amides is 1. The Labute approximate surface area is 207 Å². The third-order valence-electron chi connectivity index (χ3n) is 5.66. The smallest absolute Gasteiger partial charge is 0.343 e. The second-order valence-electron chi connectivity index (χ2n) is 7.87. The molecule has 2 aromatic carbocycles. The zero-order valence-corrected chi connectivity index (χ0v) is 20.2. The van der Waals surface area contributed by atoms with E-state index in [0.717, 1.165) is 24.6 Å². The average Bonchev–Trinajstić information content (AvgIpc) is 2.88. The summed E-state index contributed by atoms with van der Waals surface area (Å²) in [6.07, 6.45) is 1.39. The number of carbonyl (C=O) groups is 2. The number of hydrogen-bond donors (Lipinski definition) is 3. The summed E-state index contributed by atoms with van der Waals surface area (Å²) in [7, 11) is 4.21. The number of aromatic amines is 1. The number of aromatic hydroxyl groups is 1. The summed E-state index contributed by atoms with van der Waals surface area (Å²) >= 11 is 0. The molecule has 0 aliphatic heterocycles. The maximum absolute atomic E-state index is 12.7. The highest BCUT2D eigenvalue weighted by Gasteiger charge is 2.28. The molecular weight excluding hydrogens is 468 g/mol. The number of aromatic nitrogens is 1. The third-order valence-corrected chi connectivity index (χ3v) is 5.66. The maximum atomic E-state index is 12.7. The molecule has 10 heteroatoms. The predicted molar refractivity (Wildman–Crippen MR) is 131 cm³/mol. The van der Waals surface area contributed by atoms with Crippen LogP contribution in [0.1, 0.15) is 39.4 Å². The van der Waals surface area contributed by atoms with Crippen molar-refractivity contribution >= 4 is 11.9 Å². The molecule has 1 amide bonds. The standard InChI is InChI=1S/C26H28N2O8/c1-33-17-7-4-15(5-8-17)10-11-36-20-9-6-16(12-21(20)34-2)18(13-22(27)29)23-24(30)19(26(32)35-3)14-28-25(23)31/h4-9,12,14,18H,10-11,13H2,1-3H3,(H2,27,29)(H2,28,30,31). The second-order valence-corrected chi connectivity index (χ2v) is 7.87. The minimum atomic E-state index is -0.960. The molecule has 0 spiro atoms. The molecular formula is C26H28N2O8. The average molecular weight is 497 g/mol. The van der Waals surface area contributed by atoms with E-state index in [4.69, 9.17) is 19.9 Å². The van der Waals surface area contributed by atoms with Gasteiger partial charge in [0.1, 0.15) is 17.1 Å². The molecule has 0 radical (unpaired) electrons. The lowest BCUT2D eigenvalue weighted by Crippen LogP contribution is -2.24. The summed E-state index contributed by atoms with van der Waals surface area (Å²) in [4.78, 5) is 38.9. The molecule has 36 heavy (non-hydrogen) atoms. The summed E-state index contributed by atoms with van der Waals surface area (Å²) in [5.41, 5.74) is 5.85. The second kappa shape index (κ2) is 11.8. The van der Waals surface area contributed by atoms with Crippen LogP contribution in [0.3, 0.4) is 0 Å². The number of benzene rings is 2. The van der Waals surface area contributed by atoms with Crippen LogP contribution in [-0.4, -0.2) is 49.9 Å². The molecule has 10 nitrogen and oxygen atoms in total. The van der Waals surface area contributed by atoms with Gasteiger partial charge in [-0.1, -0.05) is 18.2 Å². The molecule has 1 atom stereocenters. The van der Waals surface area contributed by atoms with Crippen LogP contribution >= 0.6 is 0 Å². The van der Waals surface area contributed by atoms with Crippen LogP contribution in [0.4, 0.5) is 0 Å². The summed E-state index contributed by atoms with van der Waals surface area (Å²) in [6.45, 7) is 0.369. The Kier molecular flexibility index (Phi) is 8.56. The van der Waals surface area contributed by atoms with E-state index in [9.17, 15) is 19.5 Å². The molecule has 0 aliphatic carbocycles. The molecule has 0 aliphatic rings. The van der Waals surface area contributed by atoms with Gasteiger partial charge in [-0.15, -0.1) is 0 Å². The van der Waals surface area contributed by atoms with Gasteiger partial charge in [-0.05, 0) is 35.4 Å². The minimum absolute atomic E-state index is 0.188. The van der Waals surface area contributed by atoms with Crippen LogP contribution in [0, 0.1) is 0 Å². The number of pyridine rings is 1. The third kappa shape index (κ3) is 5.96. The zero-order chi connectivity index (χ0) is 26.2. The molecule has 190 valence electrons. The first-order chi connectivity index (χ1) is 17.3. The molecule has 1 unspecified atom stereocenters. The molecule has 3 rings (SSSR count). The van der Waals surface area contributed by atoms with Crippen molar-refractivity contribution < 1.29 is 33.6 Å². The van der Waals surface area contributed by atoms with Gasteiger partial charge in [0.15, 0.2) is 11.5 Å². The van der Waals surface area contributed by atoms with Crippen molar-refractivity contribution in [2.45, 2.75) is 18.8 Å². The van der Waals surface area contributed by atoms with Crippen LogP contribution in [0.25, 0.3) is 0 Å². The van der Waals surface area contributed by atoms with Gasteiger partial charge < -0.3 is 34.8 Å². The van der Waals surface area contributed by atoms with E-state index in [0.29, 0.717) is 30.1 Å². The largest absolute Gasteiger partial charge is 0.506 e. The van der Waals surface area contributed by atoms with Gasteiger partial charge in [0.25, 0.3) is 5.56 Å². The Hall–Kier alpha value is -4.47. The number of H-pyrrole nitrogens is 1. The summed E-state index contributed by atoms with van der Waals surface area (Å²) in [6, 6.07) is 12.5. The minimum Gasteiger partial charge on any atom is -0.506 e. The first-order valence-corrected chi connectivity index (χ1v) is 11.0. The zero-order valence-electron chi connectivity index (χ0n) is 20.2. The highest BCUT2D eigenvalue weighted by Crippen LogP contribution is 2.37. The van der Waals surface area contributed by atoms with E-state index in [1.165, 1.54) is 7.11 Å². The Morgan fingerprint density at radius 1 is 1.03 bits per heavy atom. The molecule has 0 fully saturated rings. The highest BCUT2D eigenvalue weighted by molar-refractivity contribution is 5.92. The maximum Gasteiger partial charge on any atom is 0.343 e. The SMILES string of the molecule is COC(=O)c1c[nH]c(=O)c(C(CC(N)=O)c2ccc(OCCc3ccc(OC)cc3)c(OC)c2)c1O. The van der Waals surface area contributed by atoms with Crippen molar-refractivity contribution in [2.24, 2.45) is 5.73 Å². The van der Waals surface area contributed by atoms with Crippen molar-refractivity contribution in [1.82, 2.24) is 4.98 Å². The van der Waals surface area contributed by atoms with E-state index < -0.39 is 29.1 Å².